The molecule has 1 atom stereocenters. The van der Waals surface area contributed by atoms with E-state index in [1.807, 2.05) is 38.1 Å². The van der Waals surface area contributed by atoms with Crippen LogP contribution in [0.3, 0.4) is 0 Å². The normalized spacial score (nSPS) is 19.8. The molecule has 10 nitrogen and oxygen atoms in total. The Morgan fingerprint density at radius 3 is 2.48 bits per heavy atom. The van der Waals surface area contributed by atoms with E-state index in [2.05, 4.69) is 20.5 Å². The molecule has 1 amide bonds. The number of aryl methyl sites for hydroxylation is 1. The molecule has 3 aromatic rings. The van der Waals surface area contributed by atoms with E-state index in [1.165, 1.54) is 0 Å². The fraction of sp³-hybridized carbons (Fsp3) is 0.484. The predicted octanol–water partition coefficient (Wildman–Crippen LogP) is 3.84. The van der Waals surface area contributed by atoms with Crippen LogP contribution in [0.5, 0.6) is 5.75 Å². The van der Waals surface area contributed by atoms with Gasteiger partial charge in [-0.15, -0.1) is 0 Å². The summed E-state index contributed by atoms with van der Waals surface area (Å²) in [4.78, 5) is 29.7. The Balaban J connectivity index is 1.05. The van der Waals surface area contributed by atoms with Gasteiger partial charge in [-0.2, -0.15) is 4.98 Å². The Labute approximate surface area is 249 Å². The average Bonchev–Trinajstić information content (AvgIpc) is 3.39. The highest BCUT2D eigenvalue weighted by Gasteiger charge is 2.34. The first-order chi connectivity index (χ1) is 20.4. The van der Waals surface area contributed by atoms with Gasteiger partial charge in [-0.1, -0.05) is 0 Å². The number of aromatic nitrogens is 3. The Morgan fingerprint density at radius 2 is 1.76 bits per heavy atom. The summed E-state index contributed by atoms with van der Waals surface area (Å²) in [6.45, 7) is 6.95. The third-order valence-electron chi connectivity index (χ3n) is 8.21. The van der Waals surface area contributed by atoms with Crippen LogP contribution in [0, 0.1) is 0 Å². The van der Waals surface area contributed by atoms with Crippen LogP contribution >= 0.6 is 0 Å². The van der Waals surface area contributed by atoms with Gasteiger partial charge in [-0.3, -0.25) is 9.78 Å². The van der Waals surface area contributed by atoms with Crippen LogP contribution < -0.4 is 20.3 Å². The topological polar surface area (TPSA) is 125 Å². The highest BCUT2D eigenvalue weighted by atomic mass is 32.2. The summed E-state index contributed by atoms with van der Waals surface area (Å²) in [6.07, 6.45) is 7.73. The van der Waals surface area contributed by atoms with Gasteiger partial charge >= 0.3 is 0 Å². The number of pyridine rings is 1. The van der Waals surface area contributed by atoms with Crippen molar-refractivity contribution in [2.45, 2.75) is 68.5 Å². The number of hydrogen-bond acceptors (Lipinski definition) is 9. The van der Waals surface area contributed by atoms with Crippen molar-refractivity contribution in [2.75, 3.05) is 42.3 Å². The molecule has 1 aromatic carbocycles. The van der Waals surface area contributed by atoms with Gasteiger partial charge in [0, 0.05) is 69.6 Å². The first kappa shape index (κ1) is 28.7. The first-order valence-corrected chi connectivity index (χ1v) is 16.1. The minimum atomic E-state index is -1.06. The number of amides is 1. The van der Waals surface area contributed by atoms with Gasteiger partial charge in [0.2, 0.25) is 10.8 Å². The van der Waals surface area contributed by atoms with Crippen LogP contribution in [-0.2, 0) is 27.9 Å². The average molecular weight is 591 g/mol. The molecule has 42 heavy (non-hydrogen) atoms. The summed E-state index contributed by atoms with van der Waals surface area (Å²) in [5.41, 5.74) is 1.95. The third-order valence-corrected chi connectivity index (χ3v) is 9.67. The van der Waals surface area contributed by atoms with E-state index in [-0.39, 0.29) is 18.1 Å². The molecule has 11 heteroatoms. The van der Waals surface area contributed by atoms with Crippen LogP contribution in [0.15, 0.2) is 53.7 Å². The number of anilines is 2. The minimum absolute atomic E-state index is 0.0633. The molecule has 0 aliphatic carbocycles. The number of benzene rings is 1. The Bertz CT molecular complexity index is 1380. The minimum Gasteiger partial charge on any atom is -0.611 e. The quantitative estimate of drug-likeness (QED) is 0.377. The van der Waals surface area contributed by atoms with Crippen molar-refractivity contribution < 1.29 is 18.8 Å². The number of piperidine rings is 1. The van der Waals surface area contributed by atoms with Gasteiger partial charge in [0.05, 0.1) is 5.54 Å². The van der Waals surface area contributed by atoms with Gasteiger partial charge in [0.15, 0.2) is 5.82 Å². The second kappa shape index (κ2) is 12.4. The van der Waals surface area contributed by atoms with Crippen molar-refractivity contribution in [3.8, 4) is 5.75 Å². The molecule has 0 saturated carbocycles. The zero-order valence-corrected chi connectivity index (χ0v) is 25.0. The molecule has 1 unspecified atom stereocenters. The van der Waals surface area contributed by atoms with Gasteiger partial charge in [-0.05, 0) is 79.8 Å². The number of ether oxygens (including phenoxy) is 2. The molecule has 2 fully saturated rings. The summed E-state index contributed by atoms with van der Waals surface area (Å²) >= 11 is -1.06. The highest BCUT2D eigenvalue weighted by Crippen LogP contribution is 2.34. The number of carbonyl (C=O) groups is 1. The van der Waals surface area contributed by atoms with Crippen LogP contribution in [-0.4, -0.2) is 69.6 Å². The molecule has 3 aliphatic rings. The van der Waals surface area contributed by atoms with Gasteiger partial charge < -0.3 is 29.6 Å². The summed E-state index contributed by atoms with van der Waals surface area (Å²) in [6, 6.07) is 11.4. The van der Waals surface area contributed by atoms with Crippen molar-refractivity contribution in [3.05, 3.63) is 65.6 Å². The zero-order chi connectivity index (χ0) is 29.1. The number of hydrogen-bond donors (Lipinski definition) is 2. The summed E-state index contributed by atoms with van der Waals surface area (Å²) in [5.74, 6) is 2.64. The van der Waals surface area contributed by atoms with Crippen molar-refractivity contribution in [1.29, 1.82) is 0 Å². The van der Waals surface area contributed by atoms with E-state index in [1.54, 1.807) is 24.5 Å². The number of rotatable bonds is 8. The van der Waals surface area contributed by atoms with Crippen molar-refractivity contribution in [2.24, 2.45) is 0 Å². The van der Waals surface area contributed by atoms with E-state index in [9.17, 15) is 9.35 Å². The monoisotopic (exact) mass is 590 g/mol. The van der Waals surface area contributed by atoms with Gasteiger partial charge in [0.1, 0.15) is 23.3 Å². The standard InChI is InChI=1S/C31H38N6O4S/c1-31(2,22-7-14-32-15-8-22)36-29(38)21-3-5-24(6-4-21)41-25-9-16-37(17-10-25)30-34-26-13-20-42(39)27(26)28(35-30)33-23-11-18-40-19-12-23/h3-8,14-15,23,25H,9-13,16-20H2,1-2H3,(H,36,38)(H,33,34,35). The van der Waals surface area contributed by atoms with Gasteiger partial charge in [0.25, 0.3) is 5.91 Å². The van der Waals surface area contributed by atoms with Gasteiger partial charge in [-0.25, -0.2) is 4.98 Å². The zero-order valence-electron chi connectivity index (χ0n) is 24.2. The first-order valence-electron chi connectivity index (χ1n) is 14.7. The van der Waals surface area contributed by atoms with Crippen molar-refractivity contribution >= 4 is 28.8 Å². The van der Waals surface area contributed by atoms with Crippen molar-refractivity contribution in [3.63, 3.8) is 0 Å². The molecule has 0 radical (unpaired) electrons. The lowest BCUT2D eigenvalue weighted by Crippen LogP contribution is -2.41. The Hall–Kier alpha value is -3.41. The van der Waals surface area contributed by atoms with E-state index in [0.29, 0.717) is 17.3 Å². The van der Waals surface area contributed by atoms with Crippen LogP contribution in [0.4, 0.5) is 11.8 Å². The van der Waals surface area contributed by atoms with Crippen LogP contribution in [0.1, 0.15) is 61.1 Å². The van der Waals surface area contributed by atoms with E-state index in [4.69, 9.17) is 19.4 Å². The van der Waals surface area contributed by atoms with E-state index >= 15 is 0 Å². The second-order valence-electron chi connectivity index (χ2n) is 11.6. The molecule has 0 bridgehead atoms. The summed E-state index contributed by atoms with van der Waals surface area (Å²) in [5, 5.41) is 6.66. The molecule has 0 spiro atoms. The van der Waals surface area contributed by atoms with Crippen LogP contribution in [0.2, 0.25) is 0 Å². The van der Waals surface area contributed by atoms with Crippen LogP contribution in [0.25, 0.3) is 0 Å². The predicted molar refractivity (Wildman–Crippen MR) is 162 cm³/mol. The molecular formula is C31H38N6O4S. The molecular weight excluding hydrogens is 552 g/mol. The molecule has 5 heterocycles. The number of carbonyl (C=O) groups excluding carboxylic acids is 1. The third kappa shape index (κ3) is 6.48. The molecule has 2 N–H and O–H groups in total. The number of nitrogens with zero attached hydrogens (tertiary/aromatic N) is 4. The maximum absolute atomic E-state index is 12.9. The second-order valence-corrected chi connectivity index (χ2v) is 13.1. The number of fused-ring (bicyclic) bond motifs is 1. The molecule has 222 valence electrons. The molecule has 3 aliphatic heterocycles. The summed E-state index contributed by atoms with van der Waals surface area (Å²) in [7, 11) is 0. The maximum atomic E-state index is 12.9. The highest BCUT2D eigenvalue weighted by molar-refractivity contribution is 7.91. The SMILES string of the molecule is CC(C)(NC(=O)c1ccc(OC2CCN(c3nc4c(c(NC5CCOCC5)n3)[S+]([O-])CC4)CC2)cc1)c1ccncc1. The van der Waals surface area contributed by atoms with E-state index < -0.39 is 16.7 Å². The lowest BCUT2D eigenvalue weighted by Gasteiger charge is -2.33. The lowest BCUT2D eigenvalue weighted by molar-refractivity contribution is 0.0902. The number of nitrogens with one attached hydrogen (secondary N) is 2. The van der Waals surface area contributed by atoms with E-state index in [0.717, 1.165) is 86.1 Å². The Kier molecular flexibility index (Phi) is 8.50. The lowest BCUT2D eigenvalue weighted by atomic mass is 9.95. The fourth-order valence-corrected chi connectivity index (χ4v) is 7.02. The molecule has 2 saturated heterocycles. The van der Waals surface area contributed by atoms with Crippen molar-refractivity contribution in [1.82, 2.24) is 20.3 Å². The molecule has 2 aromatic heterocycles. The Morgan fingerprint density at radius 1 is 1.05 bits per heavy atom. The fourth-order valence-electron chi connectivity index (χ4n) is 5.71. The summed E-state index contributed by atoms with van der Waals surface area (Å²) < 4.78 is 24.5. The smallest absolute Gasteiger partial charge is 0.251 e. The largest absolute Gasteiger partial charge is 0.611 e. The molecule has 6 rings (SSSR count). The maximum Gasteiger partial charge on any atom is 0.251 e.